The van der Waals surface area contributed by atoms with Crippen LogP contribution < -0.4 is 0 Å². The Hall–Kier alpha value is -2.50. The highest BCUT2D eigenvalue weighted by molar-refractivity contribution is 7.39. The first-order chi connectivity index (χ1) is 16.5. The van der Waals surface area contributed by atoms with Gasteiger partial charge in [-0.05, 0) is 22.3 Å². The number of benzene rings is 4. The summed E-state index contributed by atoms with van der Waals surface area (Å²) in [5.41, 5.74) is -1.36. The van der Waals surface area contributed by atoms with Crippen molar-refractivity contribution in [2.24, 2.45) is 0 Å². The Kier molecular flexibility index (Phi) is 7.84. The first-order valence-electron chi connectivity index (χ1n) is 10.5. The third kappa shape index (κ3) is 4.56. The third-order valence-corrected chi connectivity index (χ3v) is 6.53. The van der Waals surface area contributed by atoms with Crippen LogP contribution in [0.2, 0.25) is 0 Å². The Morgan fingerprint density at radius 2 is 0.588 bits per heavy atom. The summed E-state index contributed by atoms with van der Waals surface area (Å²) in [6.45, 7) is 0. The smallest absolute Gasteiger partial charge is 0.328 e. The van der Waals surface area contributed by atoms with E-state index < -0.39 is 28.4 Å². The van der Waals surface area contributed by atoms with Crippen molar-refractivity contribution in [2.75, 3.05) is 0 Å². The van der Waals surface area contributed by atoms with E-state index in [2.05, 4.69) is 0 Å². The molecule has 8 heteroatoms. The second kappa shape index (κ2) is 10.8. The lowest BCUT2D eigenvalue weighted by Crippen LogP contribution is -2.53. The summed E-state index contributed by atoms with van der Waals surface area (Å²) < 4.78 is 12.2. The molecular weight excluding hydrogens is 470 g/mol. The van der Waals surface area contributed by atoms with Crippen molar-refractivity contribution >= 4 is 17.2 Å². The molecule has 0 atom stereocenters. The molecule has 4 rings (SSSR count). The van der Waals surface area contributed by atoms with Crippen LogP contribution in [-0.2, 0) is 20.2 Å². The monoisotopic (exact) mass is 494 g/mol. The van der Waals surface area contributed by atoms with Crippen LogP contribution in [0, 0.1) is 0 Å². The Labute approximate surface area is 200 Å². The molecule has 0 amide bonds. The third-order valence-electron chi connectivity index (χ3n) is 5.65. The molecule has 0 bridgehead atoms. The van der Waals surface area contributed by atoms with Gasteiger partial charge in [-0.2, -0.15) is 0 Å². The molecule has 0 aliphatic heterocycles. The van der Waals surface area contributed by atoms with Crippen molar-refractivity contribution in [3.63, 3.8) is 0 Å². The first-order valence-corrected chi connectivity index (χ1v) is 12.8. The highest BCUT2D eigenvalue weighted by atomic mass is 31.2. The zero-order chi connectivity index (χ0) is 24.0. The molecule has 0 unspecified atom stereocenters. The summed E-state index contributed by atoms with van der Waals surface area (Å²) in [6, 6.07) is 36.0. The highest BCUT2D eigenvalue weighted by Gasteiger charge is 2.61. The average Bonchev–Trinajstić information content (AvgIpc) is 2.88. The summed E-state index contributed by atoms with van der Waals surface area (Å²) in [5, 5.41) is 0. The topological polar surface area (TPSA) is 99.4 Å². The van der Waals surface area contributed by atoms with Crippen LogP contribution in [0.1, 0.15) is 22.3 Å². The van der Waals surface area contributed by atoms with E-state index in [1.165, 1.54) is 0 Å². The van der Waals surface area contributed by atoms with Crippen LogP contribution in [0.3, 0.4) is 0 Å². The predicted molar refractivity (Wildman–Crippen MR) is 132 cm³/mol. The standard InChI is InChI=1S/C26H24O6P2/c27-33(28)31-25(21-13-5-1-6-14-21,22-15-7-2-8-16-22)26(32-34(29)30,23-17-9-3-10-18-23)24-19-11-4-12-20-24/h1-20,27-30H. The van der Waals surface area contributed by atoms with E-state index in [9.17, 15) is 19.6 Å². The molecule has 0 spiro atoms. The van der Waals surface area contributed by atoms with Gasteiger partial charge in [0.05, 0.1) is 0 Å². The van der Waals surface area contributed by atoms with Gasteiger partial charge in [-0.1, -0.05) is 121 Å². The zero-order valence-corrected chi connectivity index (χ0v) is 19.8. The van der Waals surface area contributed by atoms with Crippen molar-refractivity contribution < 1.29 is 28.6 Å². The van der Waals surface area contributed by atoms with E-state index in [0.29, 0.717) is 22.3 Å². The molecule has 0 saturated heterocycles. The maximum Gasteiger partial charge on any atom is 0.328 e. The molecule has 0 heterocycles. The summed E-state index contributed by atoms with van der Waals surface area (Å²) in [7, 11) is -5.88. The fraction of sp³-hybridized carbons (Fsp3) is 0.0769. The molecule has 34 heavy (non-hydrogen) atoms. The largest absolute Gasteiger partial charge is 0.328 e. The molecule has 0 aliphatic carbocycles. The lowest BCUT2D eigenvalue weighted by Gasteiger charge is -2.50. The van der Waals surface area contributed by atoms with Gasteiger partial charge < -0.3 is 19.6 Å². The average molecular weight is 494 g/mol. The van der Waals surface area contributed by atoms with E-state index in [4.69, 9.17) is 9.05 Å². The summed E-state index contributed by atoms with van der Waals surface area (Å²) in [6.07, 6.45) is 0. The molecule has 4 aromatic rings. The number of rotatable bonds is 9. The Balaban J connectivity index is 2.23. The van der Waals surface area contributed by atoms with E-state index in [1.54, 1.807) is 97.1 Å². The van der Waals surface area contributed by atoms with Crippen LogP contribution in [0.25, 0.3) is 0 Å². The van der Waals surface area contributed by atoms with Gasteiger partial charge >= 0.3 is 17.2 Å². The molecular formula is C26H24O6P2. The second-order valence-electron chi connectivity index (χ2n) is 7.51. The Morgan fingerprint density at radius 1 is 0.382 bits per heavy atom. The predicted octanol–water partition coefficient (Wildman–Crippen LogP) is 5.33. The van der Waals surface area contributed by atoms with Gasteiger partial charge in [-0.25, -0.2) is 0 Å². The van der Waals surface area contributed by atoms with Gasteiger partial charge in [0.1, 0.15) is 0 Å². The second-order valence-corrected chi connectivity index (χ2v) is 8.89. The van der Waals surface area contributed by atoms with E-state index in [0.717, 1.165) is 0 Å². The van der Waals surface area contributed by atoms with E-state index >= 15 is 0 Å². The molecule has 0 fully saturated rings. The molecule has 4 aromatic carbocycles. The number of hydrogen-bond donors (Lipinski definition) is 4. The van der Waals surface area contributed by atoms with Crippen molar-refractivity contribution in [3.05, 3.63) is 144 Å². The van der Waals surface area contributed by atoms with Crippen molar-refractivity contribution in [1.82, 2.24) is 0 Å². The van der Waals surface area contributed by atoms with Crippen molar-refractivity contribution in [3.8, 4) is 0 Å². The lowest BCUT2D eigenvalue weighted by atomic mass is 9.66. The molecule has 4 N–H and O–H groups in total. The minimum absolute atomic E-state index is 0.529. The molecule has 0 aromatic heterocycles. The van der Waals surface area contributed by atoms with Gasteiger partial charge in [0.2, 0.25) is 0 Å². The maximum absolute atomic E-state index is 10.3. The van der Waals surface area contributed by atoms with Crippen LogP contribution in [0.15, 0.2) is 121 Å². The Morgan fingerprint density at radius 3 is 0.765 bits per heavy atom. The SMILES string of the molecule is OP(O)OC(c1ccccc1)(c1ccccc1)C(OP(O)O)(c1ccccc1)c1ccccc1. The normalized spacial score (nSPS) is 12.3. The molecule has 0 saturated carbocycles. The summed E-state index contributed by atoms with van der Waals surface area (Å²) in [4.78, 5) is 41.3. The van der Waals surface area contributed by atoms with E-state index in [-0.39, 0.29) is 0 Å². The van der Waals surface area contributed by atoms with Gasteiger partial charge in [-0.3, -0.25) is 9.05 Å². The lowest BCUT2D eigenvalue weighted by molar-refractivity contribution is -0.0870. The van der Waals surface area contributed by atoms with Gasteiger partial charge in [-0.15, -0.1) is 0 Å². The van der Waals surface area contributed by atoms with Crippen LogP contribution >= 0.6 is 17.2 Å². The van der Waals surface area contributed by atoms with Crippen molar-refractivity contribution in [2.45, 2.75) is 11.2 Å². The fourth-order valence-electron chi connectivity index (χ4n) is 4.42. The molecule has 0 aliphatic rings. The molecule has 174 valence electrons. The molecule has 0 radical (unpaired) electrons. The van der Waals surface area contributed by atoms with Gasteiger partial charge in [0.25, 0.3) is 0 Å². The van der Waals surface area contributed by atoms with Gasteiger partial charge in [0.15, 0.2) is 11.2 Å². The Bertz CT molecular complexity index is 985. The zero-order valence-electron chi connectivity index (χ0n) is 18.0. The van der Waals surface area contributed by atoms with Crippen LogP contribution in [0.5, 0.6) is 0 Å². The minimum atomic E-state index is -2.94. The fourth-order valence-corrected chi connectivity index (χ4v) is 5.59. The maximum atomic E-state index is 10.3. The van der Waals surface area contributed by atoms with E-state index in [1.807, 2.05) is 24.3 Å². The first kappa shape index (κ1) is 24.6. The van der Waals surface area contributed by atoms with Crippen LogP contribution in [-0.4, -0.2) is 19.6 Å². The van der Waals surface area contributed by atoms with Crippen molar-refractivity contribution in [1.29, 1.82) is 0 Å². The van der Waals surface area contributed by atoms with Crippen LogP contribution in [0.4, 0.5) is 0 Å². The highest BCUT2D eigenvalue weighted by Crippen LogP contribution is 2.61. The quantitative estimate of drug-likeness (QED) is 0.235. The summed E-state index contributed by atoms with van der Waals surface area (Å²) in [5.74, 6) is 0. The van der Waals surface area contributed by atoms with Gasteiger partial charge in [0, 0.05) is 0 Å². The number of hydrogen-bond acceptors (Lipinski definition) is 6. The summed E-state index contributed by atoms with van der Waals surface area (Å²) >= 11 is 0. The molecule has 6 nitrogen and oxygen atoms in total. The minimum Gasteiger partial charge on any atom is -0.328 e.